The fourth-order valence-electron chi connectivity index (χ4n) is 1.66. The molecule has 2 aliphatic rings. The van der Waals surface area contributed by atoms with Crippen molar-refractivity contribution in [1.82, 2.24) is 4.90 Å². The molecular formula is C8H11NO2. The second-order valence-electron chi connectivity index (χ2n) is 3.04. The number of hydrogen-bond donors (Lipinski definition) is 0. The molecule has 0 aromatic rings. The summed E-state index contributed by atoms with van der Waals surface area (Å²) in [6.45, 7) is 0. The van der Waals surface area contributed by atoms with Gasteiger partial charge in [-0.05, 0) is 6.42 Å². The van der Waals surface area contributed by atoms with Crippen LogP contribution in [0.3, 0.4) is 0 Å². The van der Waals surface area contributed by atoms with Crippen molar-refractivity contribution in [3.63, 3.8) is 0 Å². The van der Waals surface area contributed by atoms with Gasteiger partial charge in [0.2, 0.25) is 0 Å². The van der Waals surface area contributed by atoms with Crippen molar-refractivity contribution in [2.24, 2.45) is 0 Å². The maximum atomic E-state index is 11.0. The Morgan fingerprint density at radius 2 is 2.27 bits per heavy atom. The maximum Gasteiger partial charge on any atom is 0.410 e. The molecule has 1 aliphatic heterocycles. The number of rotatable bonds is 0. The highest BCUT2D eigenvalue weighted by atomic mass is 16.6. The quantitative estimate of drug-likeness (QED) is 0.489. The van der Waals surface area contributed by atoms with E-state index in [0.717, 1.165) is 12.8 Å². The highest BCUT2D eigenvalue weighted by Gasteiger charge is 2.38. The molecule has 0 spiro atoms. The van der Waals surface area contributed by atoms with Crippen LogP contribution in [0.1, 0.15) is 12.8 Å². The second kappa shape index (κ2) is 2.26. The van der Waals surface area contributed by atoms with Crippen molar-refractivity contribution >= 4 is 6.09 Å². The van der Waals surface area contributed by atoms with E-state index >= 15 is 0 Å². The Hall–Kier alpha value is -0.990. The second-order valence-corrected chi connectivity index (χ2v) is 3.04. The fraction of sp³-hybridized carbons (Fsp3) is 0.625. The molecule has 2 rings (SSSR count). The molecular weight excluding hydrogens is 142 g/mol. The molecule has 3 nitrogen and oxygen atoms in total. The average Bonchev–Trinajstić information content (AvgIpc) is 2.30. The summed E-state index contributed by atoms with van der Waals surface area (Å²) in [4.78, 5) is 12.7. The summed E-state index contributed by atoms with van der Waals surface area (Å²) in [6, 6.07) is 0.285. The fourth-order valence-corrected chi connectivity index (χ4v) is 1.66. The summed E-state index contributed by atoms with van der Waals surface area (Å²) >= 11 is 0. The minimum absolute atomic E-state index is 0.109. The zero-order valence-corrected chi connectivity index (χ0v) is 6.49. The standard InChI is InChI=1S/C8H11NO2/c1-9-6-4-2-3-5-7(6)11-8(9)10/h2-3,6-7H,4-5H2,1H3/t6?,7-/m0/s1. The lowest BCUT2D eigenvalue weighted by Gasteiger charge is -2.21. The Balaban J connectivity index is 2.18. The van der Waals surface area contributed by atoms with Crippen molar-refractivity contribution in [3.8, 4) is 0 Å². The van der Waals surface area contributed by atoms with Crippen molar-refractivity contribution < 1.29 is 9.53 Å². The van der Waals surface area contributed by atoms with Gasteiger partial charge < -0.3 is 9.64 Å². The smallest absolute Gasteiger partial charge is 0.410 e. The molecule has 1 amide bonds. The number of likely N-dealkylation sites (N-methyl/N-ethyl adjacent to an activating group) is 1. The number of carbonyl (C=O) groups excluding carboxylic acids is 1. The molecule has 3 heteroatoms. The average molecular weight is 153 g/mol. The molecule has 11 heavy (non-hydrogen) atoms. The summed E-state index contributed by atoms with van der Waals surface area (Å²) in [5.41, 5.74) is 0. The van der Waals surface area contributed by atoms with E-state index in [1.54, 1.807) is 11.9 Å². The number of amides is 1. The number of nitrogens with zero attached hydrogens (tertiary/aromatic N) is 1. The highest BCUT2D eigenvalue weighted by Crippen LogP contribution is 2.26. The van der Waals surface area contributed by atoms with E-state index in [2.05, 4.69) is 12.2 Å². The molecule has 1 aliphatic carbocycles. The van der Waals surface area contributed by atoms with Crippen LogP contribution in [-0.4, -0.2) is 30.2 Å². The van der Waals surface area contributed by atoms with E-state index in [-0.39, 0.29) is 18.2 Å². The first-order chi connectivity index (χ1) is 5.29. The van der Waals surface area contributed by atoms with Crippen LogP contribution < -0.4 is 0 Å². The third-order valence-corrected chi connectivity index (χ3v) is 2.38. The zero-order chi connectivity index (χ0) is 7.84. The molecule has 0 radical (unpaired) electrons. The van der Waals surface area contributed by atoms with Gasteiger partial charge in [-0.15, -0.1) is 0 Å². The lowest BCUT2D eigenvalue weighted by molar-refractivity contribution is 0.130. The first-order valence-corrected chi connectivity index (χ1v) is 3.87. The van der Waals surface area contributed by atoms with Crippen LogP contribution >= 0.6 is 0 Å². The Kier molecular flexibility index (Phi) is 1.37. The molecule has 1 unspecified atom stereocenters. The summed E-state index contributed by atoms with van der Waals surface area (Å²) in [5, 5.41) is 0. The van der Waals surface area contributed by atoms with Crippen molar-refractivity contribution in [2.45, 2.75) is 25.0 Å². The van der Waals surface area contributed by atoms with Gasteiger partial charge in [0.1, 0.15) is 6.10 Å². The molecule has 1 saturated heterocycles. The normalized spacial score (nSPS) is 35.4. The summed E-state index contributed by atoms with van der Waals surface area (Å²) in [5.74, 6) is 0. The molecule has 0 bridgehead atoms. The first kappa shape index (κ1) is 6.70. The Morgan fingerprint density at radius 3 is 3.00 bits per heavy atom. The molecule has 1 fully saturated rings. The largest absolute Gasteiger partial charge is 0.444 e. The van der Waals surface area contributed by atoms with Gasteiger partial charge in [-0.2, -0.15) is 0 Å². The Labute approximate surface area is 65.6 Å². The van der Waals surface area contributed by atoms with E-state index < -0.39 is 0 Å². The highest BCUT2D eigenvalue weighted by molar-refractivity contribution is 5.70. The van der Waals surface area contributed by atoms with Gasteiger partial charge in [0.05, 0.1) is 6.04 Å². The van der Waals surface area contributed by atoms with E-state index in [1.165, 1.54) is 0 Å². The topological polar surface area (TPSA) is 29.5 Å². The number of hydrogen-bond acceptors (Lipinski definition) is 2. The van der Waals surface area contributed by atoms with Crippen LogP contribution in [-0.2, 0) is 4.74 Å². The lowest BCUT2D eigenvalue weighted by Crippen LogP contribution is -2.34. The van der Waals surface area contributed by atoms with Gasteiger partial charge in [-0.1, -0.05) is 12.2 Å². The van der Waals surface area contributed by atoms with Crippen molar-refractivity contribution in [2.75, 3.05) is 7.05 Å². The summed E-state index contributed by atoms with van der Waals surface area (Å²) < 4.78 is 5.11. The van der Waals surface area contributed by atoms with Gasteiger partial charge in [0.15, 0.2) is 0 Å². The number of ether oxygens (including phenoxy) is 1. The van der Waals surface area contributed by atoms with Crippen LogP contribution in [0, 0.1) is 0 Å². The Morgan fingerprint density at radius 1 is 1.55 bits per heavy atom. The molecule has 0 aromatic heterocycles. The third kappa shape index (κ3) is 0.914. The molecule has 2 atom stereocenters. The molecule has 1 heterocycles. The van der Waals surface area contributed by atoms with E-state index in [4.69, 9.17) is 4.74 Å². The molecule has 60 valence electrons. The number of fused-ring (bicyclic) bond motifs is 1. The molecule has 0 aromatic carbocycles. The van der Waals surface area contributed by atoms with Crippen molar-refractivity contribution in [1.29, 1.82) is 0 Å². The summed E-state index contributed by atoms with van der Waals surface area (Å²) in [7, 11) is 1.80. The van der Waals surface area contributed by atoms with Crippen LogP contribution in [0.4, 0.5) is 4.79 Å². The monoisotopic (exact) mass is 153 g/mol. The van der Waals surface area contributed by atoms with Crippen LogP contribution in [0.25, 0.3) is 0 Å². The molecule has 0 saturated carbocycles. The number of carbonyl (C=O) groups is 1. The van der Waals surface area contributed by atoms with Crippen LogP contribution in [0.15, 0.2) is 12.2 Å². The minimum atomic E-state index is -0.177. The zero-order valence-electron chi connectivity index (χ0n) is 6.49. The van der Waals surface area contributed by atoms with Crippen molar-refractivity contribution in [3.05, 3.63) is 12.2 Å². The lowest BCUT2D eigenvalue weighted by atomic mass is 9.99. The maximum absolute atomic E-state index is 11.0. The van der Waals surface area contributed by atoms with E-state index in [9.17, 15) is 4.79 Å². The van der Waals surface area contributed by atoms with E-state index in [1.807, 2.05) is 0 Å². The SMILES string of the molecule is CN1C(=O)O[C@H]2CC=CCC21. The summed E-state index contributed by atoms with van der Waals surface area (Å²) in [6.07, 6.45) is 5.93. The predicted molar refractivity (Wildman–Crippen MR) is 40.2 cm³/mol. The van der Waals surface area contributed by atoms with Crippen LogP contribution in [0.2, 0.25) is 0 Å². The van der Waals surface area contributed by atoms with Crippen LogP contribution in [0.5, 0.6) is 0 Å². The molecule has 0 N–H and O–H groups in total. The van der Waals surface area contributed by atoms with Gasteiger partial charge >= 0.3 is 6.09 Å². The van der Waals surface area contributed by atoms with Gasteiger partial charge in [0.25, 0.3) is 0 Å². The third-order valence-electron chi connectivity index (χ3n) is 2.38. The van der Waals surface area contributed by atoms with E-state index in [0.29, 0.717) is 0 Å². The predicted octanol–water partition coefficient (Wildman–Crippen LogP) is 1.16. The van der Waals surface area contributed by atoms with Gasteiger partial charge in [0, 0.05) is 13.5 Å². The minimum Gasteiger partial charge on any atom is -0.444 e. The first-order valence-electron chi connectivity index (χ1n) is 3.87. The Bertz CT molecular complexity index is 212. The van der Waals surface area contributed by atoms with Gasteiger partial charge in [-0.3, -0.25) is 0 Å². The van der Waals surface area contributed by atoms with Gasteiger partial charge in [-0.25, -0.2) is 4.79 Å².